The third-order valence-electron chi connectivity index (χ3n) is 2.25. The number of rotatable bonds is 5. The molecule has 2 aromatic rings. The molecule has 0 amide bonds. The van der Waals surface area contributed by atoms with E-state index in [1.54, 1.807) is 12.4 Å². The number of anilines is 1. The smallest absolute Gasteiger partial charge is 0.125 e. The molecular weight excluding hydrogens is 234 g/mol. The van der Waals surface area contributed by atoms with Crippen LogP contribution in [0, 0.1) is 0 Å². The highest BCUT2D eigenvalue weighted by atomic mass is 32.1. The second-order valence-corrected chi connectivity index (χ2v) is 3.93. The Morgan fingerprint density at radius 1 is 1.47 bits per heavy atom. The Morgan fingerprint density at radius 2 is 2.35 bits per heavy atom. The molecule has 17 heavy (non-hydrogen) atoms. The summed E-state index contributed by atoms with van der Waals surface area (Å²) in [6.07, 6.45) is 5.35. The number of hydrogen-bond acceptors (Lipinski definition) is 4. The normalized spacial score (nSPS) is 10.1. The van der Waals surface area contributed by atoms with E-state index in [0.717, 1.165) is 24.5 Å². The van der Waals surface area contributed by atoms with Gasteiger partial charge in [-0.1, -0.05) is 12.2 Å². The highest BCUT2D eigenvalue weighted by molar-refractivity contribution is 7.80. The van der Waals surface area contributed by atoms with E-state index < -0.39 is 0 Å². The summed E-state index contributed by atoms with van der Waals surface area (Å²) in [6.45, 7) is 1.56. The number of thiocarbonyl (C=S) groups is 1. The van der Waals surface area contributed by atoms with E-state index in [9.17, 15) is 0 Å². The van der Waals surface area contributed by atoms with Gasteiger partial charge in [0.2, 0.25) is 0 Å². The Hall–Kier alpha value is -1.95. The van der Waals surface area contributed by atoms with E-state index in [1.165, 1.54) is 0 Å². The fourth-order valence-electron chi connectivity index (χ4n) is 1.38. The zero-order valence-electron chi connectivity index (χ0n) is 9.21. The Bertz CT molecular complexity index is 477. The Kier molecular flexibility index (Phi) is 3.66. The van der Waals surface area contributed by atoms with E-state index in [0.29, 0.717) is 4.99 Å². The van der Waals surface area contributed by atoms with Crippen LogP contribution in [0.1, 0.15) is 5.56 Å². The van der Waals surface area contributed by atoms with E-state index >= 15 is 0 Å². The number of nitrogens with two attached hydrogens (primary N) is 1. The minimum Gasteiger partial charge on any atom is -0.389 e. The van der Waals surface area contributed by atoms with Crippen LogP contribution in [-0.2, 0) is 6.54 Å². The molecule has 2 rings (SSSR count). The molecule has 2 aromatic heterocycles. The average Bonchev–Trinajstić information content (AvgIpc) is 2.83. The number of nitrogens with one attached hydrogen (secondary N) is 1. The molecule has 0 radical (unpaired) electrons. The molecule has 0 saturated heterocycles. The molecule has 0 saturated carbocycles. The van der Waals surface area contributed by atoms with Gasteiger partial charge < -0.3 is 11.1 Å². The summed E-state index contributed by atoms with van der Waals surface area (Å²) in [5.74, 6) is 0.803. The lowest BCUT2D eigenvalue weighted by molar-refractivity contribution is 0.637. The molecule has 0 aliphatic heterocycles. The van der Waals surface area contributed by atoms with Crippen molar-refractivity contribution < 1.29 is 0 Å². The third-order valence-corrected chi connectivity index (χ3v) is 2.49. The molecule has 88 valence electrons. The Balaban J connectivity index is 1.85. The van der Waals surface area contributed by atoms with Crippen molar-refractivity contribution in [2.75, 3.05) is 11.9 Å². The predicted octanol–water partition coefficient (Wildman–Crippen LogP) is 1.02. The second kappa shape index (κ2) is 5.40. The van der Waals surface area contributed by atoms with E-state index in [-0.39, 0.29) is 0 Å². The molecule has 3 N–H and O–H groups in total. The van der Waals surface area contributed by atoms with Gasteiger partial charge in [0.15, 0.2) is 0 Å². The molecule has 0 fully saturated rings. The summed E-state index contributed by atoms with van der Waals surface area (Å²) in [5.41, 5.74) is 6.26. The van der Waals surface area contributed by atoms with Crippen LogP contribution in [-0.4, -0.2) is 26.3 Å². The molecule has 0 aromatic carbocycles. The number of pyridine rings is 1. The maximum absolute atomic E-state index is 5.49. The van der Waals surface area contributed by atoms with E-state index in [2.05, 4.69) is 15.4 Å². The SMILES string of the molecule is NC(=S)c1ccc(NCCn2cccn2)nc1. The van der Waals surface area contributed by atoms with Gasteiger partial charge in [-0.25, -0.2) is 4.98 Å². The highest BCUT2D eigenvalue weighted by Crippen LogP contribution is 2.04. The predicted molar refractivity (Wildman–Crippen MR) is 70.8 cm³/mol. The van der Waals surface area contributed by atoms with Gasteiger partial charge in [-0.05, 0) is 18.2 Å². The fraction of sp³-hybridized carbons (Fsp3) is 0.182. The van der Waals surface area contributed by atoms with Crippen LogP contribution in [0.3, 0.4) is 0 Å². The lowest BCUT2D eigenvalue weighted by Crippen LogP contribution is -2.13. The monoisotopic (exact) mass is 247 g/mol. The van der Waals surface area contributed by atoms with Crippen molar-refractivity contribution in [2.24, 2.45) is 5.73 Å². The summed E-state index contributed by atoms with van der Waals surface area (Å²) >= 11 is 4.85. The number of nitrogens with zero attached hydrogens (tertiary/aromatic N) is 3. The van der Waals surface area contributed by atoms with Gasteiger partial charge in [0.25, 0.3) is 0 Å². The van der Waals surface area contributed by atoms with Crippen LogP contribution in [0.2, 0.25) is 0 Å². The van der Waals surface area contributed by atoms with Gasteiger partial charge in [0.05, 0.1) is 6.54 Å². The van der Waals surface area contributed by atoms with Crippen LogP contribution in [0.25, 0.3) is 0 Å². The van der Waals surface area contributed by atoms with Crippen molar-refractivity contribution >= 4 is 23.0 Å². The Labute approximate surface area is 105 Å². The maximum atomic E-state index is 5.49. The topological polar surface area (TPSA) is 68.8 Å². The molecule has 6 heteroatoms. The highest BCUT2D eigenvalue weighted by Gasteiger charge is 1.97. The van der Waals surface area contributed by atoms with Crippen molar-refractivity contribution in [2.45, 2.75) is 6.54 Å². The van der Waals surface area contributed by atoms with Crippen LogP contribution in [0.5, 0.6) is 0 Å². The van der Waals surface area contributed by atoms with E-state index in [4.69, 9.17) is 18.0 Å². The second-order valence-electron chi connectivity index (χ2n) is 3.49. The lowest BCUT2D eigenvalue weighted by atomic mass is 10.3. The van der Waals surface area contributed by atoms with Crippen LogP contribution >= 0.6 is 12.2 Å². The quantitative estimate of drug-likeness (QED) is 0.772. The maximum Gasteiger partial charge on any atom is 0.125 e. The minimum atomic E-state index is 0.362. The zero-order valence-corrected chi connectivity index (χ0v) is 10.0. The average molecular weight is 247 g/mol. The summed E-state index contributed by atoms with van der Waals surface area (Å²) in [4.78, 5) is 4.57. The van der Waals surface area contributed by atoms with Crippen molar-refractivity contribution in [3.8, 4) is 0 Å². The largest absolute Gasteiger partial charge is 0.389 e. The van der Waals surface area contributed by atoms with E-state index in [1.807, 2.05) is 29.1 Å². The van der Waals surface area contributed by atoms with Crippen molar-refractivity contribution in [3.05, 3.63) is 42.4 Å². The molecule has 5 nitrogen and oxygen atoms in total. The first-order valence-electron chi connectivity index (χ1n) is 5.23. The molecule has 0 atom stereocenters. The van der Waals surface area contributed by atoms with Crippen LogP contribution in [0.4, 0.5) is 5.82 Å². The molecule has 0 bridgehead atoms. The summed E-state index contributed by atoms with van der Waals surface area (Å²) in [5, 5.41) is 7.30. The first kappa shape index (κ1) is 11.5. The summed E-state index contributed by atoms with van der Waals surface area (Å²) in [6, 6.07) is 5.61. The van der Waals surface area contributed by atoms with Crippen molar-refractivity contribution in [1.29, 1.82) is 0 Å². The molecule has 0 aliphatic rings. The molecule has 0 spiro atoms. The first-order valence-corrected chi connectivity index (χ1v) is 5.64. The van der Waals surface area contributed by atoms with Gasteiger partial charge in [0.1, 0.15) is 10.8 Å². The fourth-order valence-corrected chi connectivity index (χ4v) is 1.50. The number of hydrogen-bond donors (Lipinski definition) is 2. The van der Waals surface area contributed by atoms with Gasteiger partial charge in [-0.3, -0.25) is 4.68 Å². The lowest BCUT2D eigenvalue weighted by Gasteiger charge is -2.06. The summed E-state index contributed by atoms with van der Waals surface area (Å²) < 4.78 is 1.86. The third kappa shape index (κ3) is 3.25. The van der Waals surface area contributed by atoms with Gasteiger partial charge >= 0.3 is 0 Å². The molecular formula is C11H13N5S. The van der Waals surface area contributed by atoms with Gasteiger partial charge in [-0.15, -0.1) is 0 Å². The van der Waals surface area contributed by atoms with Crippen molar-refractivity contribution in [1.82, 2.24) is 14.8 Å². The molecule has 0 aliphatic carbocycles. The van der Waals surface area contributed by atoms with Crippen LogP contribution in [0.15, 0.2) is 36.8 Å². The molecule has 2 heterocycles. The zero-order chi connectivity index (χ0) is 12.1. The van der Waals surface area contributed by atoms with Gasteiger partial charge in [0, 0.05) is 30.7 Å². The Morgan fingerprint density at radius 3 is 2.94 bits per heavy atom. The first-order chi connectivity index (χ1) is 8.25. The number of aromatic nitrogens is 3. The minimum absolute atomic E-state index is 0.362. The summed E-state index contributed by atoms with van der Waals surface area (Å²) in [7, 11) is 0. The van der Waals surface area contributed by atoms with Crippen molar-refractivity contribution in [3.63, 3.8) is 0 Å². The molecule has 0 unspecified atom stereocenters. The van der Waals surface area contributed by atoms with Crippen LogP contribution < -0.4 is 11.1 Å². The standard InChI is InChI=1S/C11H13N5S/c12-11(17)9-2-3-10(14-8-9)13-5-7-16-6-1-4-15-16/h1-4,6,8H,5,7H2,(H2,12,17)(H,13,14). The van der Waals surface area contributed by atoms with Gasteiger partial charge in [-0.2, -0.15) is 5.10 Å².